The number of thiazole rings is 1. The van der Waals surface area contributed by atoms with Gasteiger partial charge in [-0.3, -0.25) is 14.4 Å². The highest BCUT2D eigenvalue weighted by Crippen LogP contribution is 2.50. The minimum absolute atomic E-state index is 0.150. The van der Waals surface area contributed by atoms with E-state index in [1.807, 2.05) is 19.9 Å². The van der Waals surface area contributed by atoms with Gasteiger partial charge in [0.25, 0.3) is 0 Å². The molecule has 0 fully saturated rings. The molecule has 3 aromatic rings. The van der Waals surface area contributed by atoms with Crippen molar-refractivity contribution in [1.29, 1.82) is 0 Å². The lowest BCUT2D eigenvalue weighted by molar-refractivity contribution is -0.120. The summed E-state index contributed by atoms with van der Waals surface area (Å²) in [6.07, 6.45) is 1.72. The van der Waals surface area contributed by atoms with Crippen molar-refractivity contribution < 1.29 is 33.3 Å². The average Bonchev–Trinajstić information content (AvgIpc) is 3.25. The second-order valence-corrected chi connectivity index (χ2v) is 12.4. The zero-order valence-corrected chi connectivity index (χ0v) is 28.8. The van der Waals surface area contributed by atoms with E-state index in [1.54, 1.807) is 33.1 Å². The Kier molecular flexibility index (Phi) is 11.5. The maximum absolute atomic E-state index is 13.9. The number of nitrogens with zero attached hydrogens (tertiary/aromatic N) is 1. The van der Waals surface area contributed by atoms with Gasteiger partial charge in [-0.15, -0.1) is 11.3 Å². The van der Waals surface area contributed by atoms with Gasteiger partial charge in [0, 0.05) is 17.4 Å². The number of benzene rings is 1. The largest absolute Gasteiger partial charge is 0.493 e. The number of esters is 1. The third kappa shape index (κ3) is 7.51. The van der Waals surface area contributed by atoms with Crippen molar-refractivity contribution in [2.75, 3.05) is 38.6 Å². The summed E-state index contributed by atoms with van der Waals surface area (Å²) < 4.78 is 22.2. The molecule has 2 amide bonds. The Hall–Kier alpha value is -4.65. The molecular weight excluding hydrogens is 624 g/mol. The third-order valence-corrected chi connectivity index (χ3v) is 9.10. The number of amides is 2. The molecule has 1 aliphatic carbocycles. The number of nitrogens with one attached hydrogen (secondary N) is 3. The first kappa shape index (κ1) is 35.2. The standard InChI is InChI=1S/C34H42N4O8S/c1-9-17(3)28(32(41)38-34-37-29(18(4)47-34)33(42)46-10-2)36-24-14-12-21-22(16-25(24)40)23(35-19(5)39)13-11-20-15-26(43-6)30(44-7)31(45-8)27(20)21/h12,14-17,23,28H,9-11,13H2,1-8H3,(H,35,39)(H,36,40)(H,37,38,41). The summed E-state index contributed by atoms with van der Waals surface area (Å²) in [5.74, 6) is -0.0356. The molecule has 1 aliphatic rings. The Morgan fingerprint density at radius 2 is 1.79 bits per heavy atom. The van der Waals surface area contributed by atoms with Crippen LogP contribution in [0.15, 0.2) is 29.1 Å². The van der Waals surface area contributed by atoms with Crippen LogP contribution in [0.4, 0.5) is 10.8 Å². The Morgan fingerprint density at radius 3 is 2.40 bits per heavy atom. The van der Waals surface area contributed by atoms with Crippen LogP contribution >= 0.6 is 11.3 Å². The average molecular weight is 667 g/mol. The van der Waals surface area contributed by atoms with Crippen LogP contribution in [0.5, 0.6) is 17.2 Å². The van der Waals surface area contributed by atoms with Crippen LogP contribution in [0.2, 0.25) is 0 Å². The van der Waals surface area contributed by atoms with Gasteiger partial charge in [-0.05, 0) is 67.5 Å². The van der Waals surface area contributed by atoms with Crippen molar-refractivity contribution in [3.8, 4) is 28.4 Å². The van der Waals surface area contributed by atoms with E-state index in [0.717, 1.165) is 11.1 Å². The normalized spacial score (nSPS) is 14.8. The highest BCUT2D eigenvalue weighted by Gasteiger charge is 2.31. The van der Waals surface area contributed by atoms with Crippen molar-refractivity contribution in [3.05, 3.63) is 56.2 Å². The number of hydrogen-bond donors (Lipinski definition) is 3. The van der Waals surface area contributed by atoms with Gasteiger partial charge in [0.05, 0.1) is 39.7 Å². The smallest absolute Gasteiger partial charge is 0.358 e. The molecule has 2 aromatic carbocycles. The number of fused-ring (bicyclic) bond motifs is 3. The van der Waals surface area contributed by atoms with E-state index >= 15 is 0 Å². The van der Waals surface area contributed by atoms with E-state index in [9.17, 15) is 19.2 Å². The maximum atomic E-state index is 13.9. The van der Waals surface area contributed by atoms with Crippen LogP contribution in [0, 0.1) is 12.8 Å². The van der Waals surface area contributed by atoms with E-state index in [4.69, 9.17) is 18.9 Å². The summed E-state index contributed by atoms with van der Waals surface area (Å²) in [5.41, 5.74) is 2.90. The zero-order valence-electron chi connectivity index (χ0n) is 28.0. The minimum atomic E-state index is -0.817. The highest BCUT2D eigenvalue weighted by molar-refractivity contribution is 7.16. The summed E-state index contributed by atoms with van der Waals surface area (Å²) in [5, 5.41) is 9.25. The Balaban J connectivity index is 1.81. The molecule has 47 heavy (non-hydrogen) atoms. The van der Waals surface area contributed by atoms with E-state index in [-0.39, 0.29) is 40.4 Å². The summed E-state index contributed by atoms with van der Waals surface area (Å²) >= 11 is 1.17. The first-order chi connectivity index (χ1) is 22.5. The number of carbonyl (C=O) groups is 3. The molecule has 13 heteroatoms. The van der Waals surface area contributed by atoms with Crippen LogP contribution in [-0.4, -0.2) is 56.7 Å². The number of methoxy groups -OCH3 is 3. The fourth-order valence-electron chi connectivity index (χ4n) is 5.72. The van der Waals surface area contributed by atoms with Gasteiger partial charge < -0.3 is 34.9 Å². The molecule has 3 N–H and O–H groups in total. The first-order valence-corrected chi connectivity index (χ1v) is 16.3. The number of carbonyl (C=O) groups excluding carboxylic acids is 3. The van der Waals surface area contributed by atoms with Gasteiger partial charge in [0.1, 0.15) is 6.04 Å². The predicted molar refractivity (Wildman–Crippen MR) is 181 cm³/mol. The molecule has 0 radical (unpaired) electrons. The fraction of sp³-hybridized carbons (Fsp3) is 0.441. The predicted octanol–water partition coefficient (Wildman–Crippen LogP) is 5.27. The lowest BCUT2D eigenvalue weighted by Crippen LogP contribution is -2.40. The number of hydrogen-bond acceptors (Lipinski definition) is 11. The second-order valence-electron chi connectivity index (χ2n) is 11.2. The third-order valence-electron chi connectivity index (χ3n) is 8.22. The summed E-state index contributed by atoms with van der Waals surface area (Å²) in [4.78, 5) is 57.0. The molecule has 3 unspecified atom stereocenters. The molecule has 1 aromatic heterocycles. The van der Waals surface area contributed by atoms with Crippen molar-refractivity contribution in [3.63, 3.8) is 0 Å². The number of anilines is 2. The number of aryl methyl sites for hydroxylation is 2. The summed E-state index contributed by atoms with van der Waals surface area (Å²) in [6, 6.07) is 5.55. The second kappa shape index (κ2) is 15.3. The molecule has 0 saturated heterocycles. The Labute approximate surface area is 278 Å². The Morgan fingerprint density at radius 1 is 1.06 bits per heavy atom. The van der Waals surface area contributed by atoms with Gasteiger partial charge in [-0.1, -0.05) is 26.3 Å². The van der Waals surface area contributed by atoms with Crippen molar-refractivity contribution in [2.24, 2.45) is 5.92 Å². The first-order valence-electron chi connectivity index (χ1n) is 15.5. The van der Waals surface area contributed by atoms with Crippen LogP contribution in [-0.2, 0) is 20.7 Å². The summed E-state index contributed by atoms with van der Waals surface area (Å²) in [6.45, 7) is 8.94. The van der Waals surface area contributed by atoms with E-state index in [1.165, 1.54) is 38.5 Å². The van der Waals surface area contributed by atoms with Gasteiger partial charge in [0.2, 0.25) is 23.0 Å². The lowest BCUT2D eigenvalue weighted by Gasteiger charge is -2.23. The molecule has 0 spiro atoms. The molecule has 12 nitrogen and oxygen atoms in total. The molecule has 0 saturated carbocycles. The van der Waals surface area contributed by atoms with Crippen molar-refractivity contribution in [2.45, 2.75) is 66.0 Å². The molecule has 4 rings (SSSR count). The Bertz CT molecular complexity index is 1720. The molecular formula is C34H42N4O8S. The van der Waals surface area contributed by atoms with Gasteiger partial charge in [-0.25, -0.2) is 9.78 Å². The van der Waals surface area contributed by atoms with Gasteiger partial charge >= 0.3 is 5.97 Å². The van der Waals surface area contributed by atoms with E-state index in [2.05, 4.69) is 20.9 Å². The van der Waals surface area contributed by atoms with Crippen molar-refractivity contribution in [1.82, 2.24) is 10.3 Å². The minimum Gasteiger partial charge on any atom is -0.493 e. The molecule has 1 heterocycles. The number of aromatic nitrogens is 1. The molecule has 252 valence electrons. The number of rotatable bonds is 12. The lowest BCUT2D eigenvalue weighted by atomic mass is 9.95. The summed E-state index contributed by atoms with van der Waals surface area (Å²) in [7, 11) is 4.62. The fourth-order valence-corrected chi connectivity index (χ4v) is 6.52. The van der Waals surface area contributed by atoms with Gasteiger partial charge in [-0.2, -0.15) is 0 Å². The van der Waals surface area contributed by atoms with Crippen molar-refractivity contribution >= 4 is 39.9 Å². The van der Waals surface area contributed by atoms with E-state index in [0.29, 0.717) is 52.5 Å². The van der Waals surface area contributed by atoms with Gasteiger partial charge in [0.15, 0.2) is 22.3 Å². The monoisotopic (exact) mass is 666 g/mol. The van der Waals surface area contributed by atoms with Crippen LogP contribution < -0.4 is 35.6 Å². The molecule has 0 bridgehead atoms. The van der Waals surface area contributed by atoms with Crippen LogP contribution in [0.25, 0.3) is 11.1 Å². The topological polar surface area (TPSA) is 154 Å². The zero-order chi connectivity index (χ0) is 34.4. The SMILES string of the molecule is CCOC(=O)c1nc(NC(=O)C(Nc2ccc3c(cc2=O)C(NC(C)=O)CCc2cc(OC)c(OC)c(OC)c2-3)C(C)CC)sc1C. The molecule has 0 aliphatic heterocycles. The molecule has 3 atom stereocenters. The maximum Gasteiger partial charge on any atom is 0.358 e. The highest BCUT2D eigenvalue weighted by atomic mass is 32.1. The van der Waals surface area contributed by atoms with Crippen LogP contribution in [0.1, 0.15) is 73.1 Å². The van der Waals surface area contributed by atoms with Crippen LogP contribution in [0.3, 0.4) is 0 Å². The quantitative estimate of drug-likeness (QED) is 0.218. The van der Waals surface area contributed by atoms with E-state index < -0.39 is 24.0 Å². The number of ether oxygens (including phenoxy) is 4.